The number of nitrogens with zero attached hydrogens (tertiary/aromatic N) is 1. The van der Waals surface area contributed by atoms with Gasteiger partial charge < -0.3 is 9.72 Å². The van der Waals surface area contributed by atoms with Gasteiger partial charge >= 0.3 is 0 Å². The quantitative estimate of drug-likeness (QED) is 0.817. The van der Waals surface area contributed by atoms with Gasteiger partial charge in [-0.3, -0.25) is 0 Å². The predicted octanol–water partition coefficient (Wildman–Crippen LogP) is 3.07. The molecule has 3 nitrogen and oxygen atoms in total. The highest BCUT2D eigenvalue weighted by molar-refractivity contribution is 5.77. The van der Waals surface area contributed by atoms with Gasteiger partial charge in [-0.25, -0.2) is 4.98 Å². The van der Waals surface area contributed by atoms with E-state index in [1.165, 1.54) is 11.1 Å². The Morgan fingerprint density at radius 2 is 1.88 bits per heavy atom. The molecular formula is C14H18N2O. The van der Waals surface area contributed by atoms with Crippen LogP contribution in [0.25, 0.3) is 11.0 Å². The molecule has 2 heterocycles. The van der Waals surface area contributed by atoms with E-state index in [9.17, 15) is 0 Å². The van der Waals surface area contributed by atoms with E-state index in [1.807, 2.05) is 0 Å². The highest BCUT2D eigenvalue weighted by Gasteiger charge is 2.19. The molecule has 1 saturated heterocycles. The van der Waals surface area contributed by atoms with Crippen LogP contribution in [0.15, 0.2) is 12.1 Å². The number of imidazole rings is 1. The summed E-state index contributed by atoms with van der Waals surface area (Å²) in [6.07, 6.45) is 2.16. The summed E-state index contributed by atoms with van der Waals surface area (Å²) in [5.74, 6) is 1.67. The lowest BCUT2D eigenvalue weighted by atomic mass is 10.00. The molecule has 3 heteroatoms. The fourth-order valence-electron chi connectivity index (χ4n) is 2.45. The first-order valence-corrected chi connectivity index (χ1v) is 6.28. The molecule has 1 aliphatic heterocycles. The van der Waals surface area contributed by atoms with Crippen LogP contribution >= 0.6 is 0 Å². The second kappa shape index (κ2) is 4.15. The van der Waals surface area contributed by atoms with Crippen molar-refractivity contribution >= 4 is 11.0 Å². The van der Waals surface area contributed by atoms with Crippen molar-refractivity contribution in [3.63, 3.8) is 0 Å². The molecule has 0 atom stereocenters. The number of aromatic nitrogens is 2. The van der Waals surface area contributed by atoms with Crippen molar-refractivity contribution in [2.75, 3.05) is 13.2 Å². The number of aryl methyl sites for hydroxylation is 2. The van der Waals surface area contributed by atoms with E-state index in [0.717, 1.165) is 42.9 Å². The zero-order chi connectivity index (χ0) is 11.8. The third-order valence-electron chi connectivity index (χ3n) is 3.72. The average molecular weight is 230 g/mol. The lowest BCUT2D eigenvalue weighted by Crippen LogP contribution is -2.15. The van der Waals surface area contributed by atoms with E-state index in [-0.39, 0.29) is 0 Å². The SMILES string of the molecule is Cc1cc2nc(C3CCOCC3)[nH]c2cc1C. The summed E-state index contributed by atoms with van der Waals surface area (Å²) in [7, 11) is 0. The minimum atomic E-state index is 0.539. The minimum absolute atomic E-state index is 0.539. The molecule has 1 aromatic carbocycles. The number of hydrogen-bond acceptors (Lipinski definition) is 2. The van der Waals surface area contributed by atoms with Crippen LogP contribution in [0.1, 0.15) is 35.7 Å². The maximum atomic E-state index is 5.39. The number of hydrogen-bond donors (Lipinski definition) is 1. The van der Waals surface area contributed by atoms with E-state index in [4.69, 9.17) is 9.72 Å². The summed E-state index contributed by atoms with van der Waals surface area (Å²) in [6.45, 7) is 6.00. The Morgan fingerprint density at radius 3 is 2.65 bits per heavy atom. The number of aromatic amines is 1. The minimum Gasteiger partial charge on any atom is -0.381 e. The van der Waals surface area contributed by atoms with Crippen LogP contribution in [0.2, 0.25) is 0 Å². The molecule has 1 aliphatic rings. The lowest BCUT2D eigenvalue weighted by Gasteiger charge is -2.19. The largest absolute Gasteiger partial charge is 0.381 e. The molecule has 2 aromatic rings. The van der Waals surface area contributed by atoms with E-state index in [0.29, 0.717) is 5.92 Å². The number of fused-ring (bicyclic) bond motifs is 1. The second-order valence-electron chi connectivity index (χ2n) is 4.96. The van der Waals surface area contributed by atoms with Crippen molar-refractivity contribution in [2.24, 2.45) is 0 Å². The molecular weight excluding hydrogens is 212 g/mol. The monoisotopic (exact) mass is 230 g/mol. The van der Waals surface area contributed by atoms with Crippen LogP contribution in [0.5, 0.6) is 0 Å². The first kappa shape index (κ1) is 10.8. The van der Waals surface area contributed by atoms with Gasteiger partial charge in [0.2, 0.25) is 0 Å². The predicted molar refractivity (Wildman–Crippen MR) is 68.4 cm³/mol. The van der Waals surface area contributed by atoms with Gasteiger partial charge in [0, 0.05) is 19.1 Å². The number of rotatable bonds is 1. The van der Waals surface area contributed by atoms with Gasteiger partial charge in [0.05, 0.1) is 11.0 Å². The fourth-order valence-corrected chi connectivity index (χ4v) is 2.45. The molecule has 1 N–H and O–H groups in total. The van der Waals surface area contributed by atoms with Crippen LogP contribution in [0.3, 0.4) is 0 Å². The third kappa shape index (κ3) is 1.95. The summed E-state index contributed by atoms with van der Waals surface area (Å²) >= 11 is 0. The normalized spacial score (nSPS) is 17.8. The Labute approximate surface area is 101 Å². The zero-order valence-corrected chi connectivity index (χ0v) is 10.4. The summed E-state index contributed by atoms with van der Waals surface area (Å²) in [5, 5.41) is 0. The molecule has 0 radical (unpaired) electrons. The molecule has 3 rings (SSSR count). The highest BCUT2D eigenvalue weighted by atomic mass is 16.5. The van der Waals surface area contributed by atoms with Crippen LogP contribution in [-0.4, -0.2) is 23.2 Å². The van der Waals surface area contributed by atoms with Gasteiger partial charge in [-0.15, -0.1) is 0 Å². The van der Waals surface area contributed by atoms with Crippen LogP contribution in [0.4, 0.5) is 0 Å². The van der Waals surface area contributed by atoms with Crippen molar-refractivity contribution in [1.82, 2.24) is 9.97 Å². The van der Waals surface area contributed by atoms with Gasteiger partial charge in [-0.05, 0) is 49.9 Å². The Bertz CT molecular complexity index is 499. The Hall–Kier alpha value is -1.35. The van der Waals surface area contributed by atoms with Crippen LogP contribution in [0, 0.1) is 13.8 Å². The summed E-state index contributed by atoms with van der Waals surface area (Å²) in [5.41, 5.74) is 4.88. The highest BCUT2D eigenvalue weighted by Crippen LogP contribution is 2.27. The van der Waals surface area contributed by atoms with E-state index in [1.54, 1.807) is 0 Å². The summed E-state index contributed by atoms with van der Waals surface area (Å²) in [6, 6.07) is 4.37. The van der Waals surface area contributed by atoms with Crippen molar-refractivity contribution in [3.8, 4) is 0 Å². The van der Waals surface area contributed by atoms with Crippen molar-refractivity contribution in [3.05, 3.63) is 29.1 Å². The molecule has 0 saturated carbocycles. The molecule has 0 aliphatic carbocycles. The number of nitrogens with one attached hydrogen (secondary N) is 1. The third-order valence-corrected chi connectivity index (χ3v) is 3.72. The summed E-state index contributed by atoms with van der Waals surface area (Å²) in [4.78, 5) is 8.19. The standard InChI is InChI=1S/C14H18N2O/c1-9-7-12-13(8-10(9)2)16-14(15-12)11-3-5-17-6-4-11/h7-8,11H,3-6H2,1-2H3,(H,15,16). The Balaban J connectivity index is 2.00. The molecule has 90 valence electrons. The smallest absolute Gasteiger partial charge is 0.110 e. The van der Waals surface area contributed by atoms with Crippen LogP contribution < -0.4 is 0 Å². The van der Waals surface area contributed by atoms with Crippen molar-refractivity contribution < 1.29 is 4.74 Å². The maximum Gasteiger partial charge on any atom is 0.110 e. The van der Waals surface area contributed by atoms with Gasteiger partial charge in [0.15, 0.2) is 0 Å². The number of ether oxygens (including phenoxy) is 1. The molecule has 1 aromatic heterocycles. The van der Waals surface area contributed by atoms with Gasteiger partial charge in [0.1, 0.15) is 5.82 Å². The number of H-pyrrole nitrogens is 1. The topological polar surface area (TPSA) is 37.9 Å². The molecule has 1 fully saturated rings. The second-order valence-corrected chi connectivity index (χ2v) is 4.96. The van der Waals surface area contributed by atoms with Crippen molar-refractivity contribution in [2.45, 2.75) is 32.6 Å². The van der Waals surface area contributed by atoms with Crippen LogP contribution in [-0.2, 0) is 4.74 Å². The van der Waals surface area contributed by atoms with Crippen molar-refractivity contribution in [1.29, 1.82) is 0 Å². The van der Waals surface area contributed by atoms with E-state index >= 15 is 0 Å². The summed E-state index contributed by atoms with van der Waals surface area (Å²) < 4.78 is 5.39. The zero-order valence-electron chi connectivity index (χ0n) is 10.4. The molecule has 0 spiro atoms. The van der Waals surface area contributed by atoms with E-state index < -0.39 is 0 Å². The lowest BCUT2D eigenvalue weighted by molar-refractivity contribution is 0.0838. The number of benzene rings is 1. The molecule has 0 unspecified atom stereocenters. The molecule has 17 heavy (non-hydrogen) atoms. The van der Waals surface area contributed by atoms with Gasteiger partial charge in [-0.2, -0.15) is 0 Å². The first-order chi connectivity index (χ1) is 8.24. The Morgan fingerprint density at radius 1 is 1.18 bits per heavy atom. The van der Waals surface area contributed by atoms with E-state index in [2.05, 4.69) is 31.0 Å². The molecule has 0 bridgehead atoms. The Kier molecular flexibility index (Phi) is 2.63. The van der Waals surface area contributed by atoms with Gasteiger partial charge in [0.25, 0.3) is 0 Å². The van der Waals surface area contributed by atoms with Gasteiger partial charge in [-0.1, -0.05) is 0 Å². The fraction of sp³-hybridized carbons (Fsp3) is 0.500. The average Bonchev–Trinajstić information content (AvgIpc) is 2.74. The first-order valence-electron chi connectivity index (χ1n) is 6.28. The maximum absolute atomic E-state index is 5.39. The molecule has 0 amide bonds.